The molecule has 0 saturated heterocycles. The van der Waals surface area contributed by atoms with Crippen molar-refractivity contribution in [1.29, 1.82) is 0 Å². The Morgan fingerprint density at radius 1 is 0.641 bits per heavy atom. The Kier molecular flexibility index (Phi) is 8.79. The van der Waals surface area contributed by atoms with Crippen molar-refractivity contribution >= 4 is 46.4 Å². The van der Waals surface area contributed by atoms with Crippen molar-refractivity contribution < 1.29 is 9.59 Å². The van der Waals surface area contributed by atoms with Crippen LogP contribution in [0.3, 0.4) is 0 Å². The molecule has 0 fully saturated rings. The molecule has 0 aliphatic carbocycles. The Balaban J connectivity index is 1.67. The number of nitrogens with one attached hydrogen (secondary N) is 2. The summed E-state index contributed by atoms with van der Waals surface area (Å²) in [5.41, 5.74) is 5.83. The highest BCUT2D eigenvalue weighted by molar-refractivity contribution is 6.34. The predicted molar refractivity (Wildman–Crippen MR) is 163 cm³/mol. The second-order valence-electron chi connectivity index (χ2n) is 9.96. The van der Waals surface area contributed by atoms with Crippen LogP contribution in [0.2, 0.25) is 10.0 Å². The highest BCUT2D eigenvalue weighted by Crippen LogP contribution is 2.41. The largest absolute Gasteiger partial charge is 0.320 e. The lowest BCUT2D eigenvalue weighted by Gasteiger charge is -2.29. The van der Waals surface area contributed by atoms with Gasteiger partial charge in [-0.15, -0.1) is 0 Å². The zero-order valence-corrected chi connectivity index (χ0v) is 24.1. The normalized spacial score (nSPS) is 11.2. The first-order chi connectivity index (χ1) is 18.6. The maximum atomic E-state index is 12.8. The van der Waals surface area contributed by atoms with Crippen molar-refractivity contribution in [3.05, 3.63) is 128 Å². The van der Waals surface area contributed by atoms with Crippen LogP contribution in [0.1, 0.15) is 70.7 Å². The number of halogens is 2. The van der Waals surface area contributed by atoms with Crippen molar-refractivity contribution in [3.8, 4) is 0 Å². The summed E-state index contributed by atoms with van der Waals surface area (Å²) in [7, 11) is 0. The fourth-order valence-corrected chi connectivity index (χ4v) is 5.18. The minimum atomic E-state index is -0.453. The van der Waals surface area contributed by atoms with Gasteiger partial charge in [-0.3, -0.25) is 9.59 Å². The summed E-state index contributed by atoms with van der Waals surface area (Å²) < 4.78 is 0. The lowest BCUT2D eigenvalue weighted by Crippen LogP contribution is -2.21. The van der Waals surface area contributed by atoms with E-state index in [0.29, 0.717) is 45.4 Å². The molecule has 6 heteroatoms. The topological polar surface area (TPSA) is 58.2 Å². The summed E-state index contributed by atoms with van der Waals surface area (Å²) in [6.07, 6.45) is 1.39. The highest BCUT2D eigenvalue weighted by atomic mass is 35.5. The number of hydrogen-bond donors (Lipinski definition) is 2. The van der Waals surface area contributed by atoms with Gasteiger partial charge in [-0.2, -0.15) is 0 Å². The average Bonchev–Trinajstić information content (AvgIpc) is 2.95. The molecule has 200 valence electrons. The molecular formula is C33H32Cl2N2O2. The quantitative estimate of drug-likeness (QED) is 0.226. The lowest BCUT2D eigenvalue weighted by molar-refractivity contribution is 0.101. The van der Waals surface area contributed by atoms with E-state index in [4.69, 9.17) is 23.2 Å². The molecule has 0 aliphatic heterocycles. The molecule has 4 aromatic carbocycles. The van der Waals surface area contributed by atoms with E-state index in [0.717, 1.165) is 22.3 Å². The van der Waals surface area contributed by atoms with Crippen LogP contribution in [0.5, 0.6) is 0 Å². The van der Waals surface area contributed by atoms with Crippen molar-refractivity contribution in [1.82, 2.24) is 0 Å². The van der Waals surface area contributed by atoms with Crippen LogP contribution in [0.4, 0.5) is 11.4 Å². The molecule has 0 bridgehead atoms. The van der Waals surface area contributed by atoms with Crippen LogP contribution < -0.4 is 10.6 Å². The van der Waals surface area contributed by atoms with Crippen molar-refractivity contribution in [2.24, 2.45) is 0 Å². The highest BCUT2D eigenvalue weighted by Gasteiger charge is 2.28. The van der Waals surface area contributed by atoms with Gasteiger partial charge < -0.3 is 10.6 Å². The summed E-state index contributed by atoms with van der Waals surface area (Å²) >= 11 is 13.6. The van der Waals surface area contributed by atoms with E-state index in [1.807, 2.05) is 62.4 Å². The molecule has 4 rings (SSSR count). The Hall–Kier alpha value is -3.60. The summed E-state index contributed by atoms with van der Waals surface area (Å²) in [4.78, 5) is 25.7. The van der Waals surface area contributed by atoms with Gasteiger partial charge in [0.2, 0.25) is 0 Å². The molecule has 0 heterocycles. The number of anilines is 2. The standard InChI is InChI=1S/C33H32Cl2N2O2/c1-5-21-17-25(19-27(34)29(21)36-31(38)23-13-9-7-10-14-23)33(3,4)26-18-22(6-2)30(28(35)20-26)37-32(39)24-15-11-8-12-16-24/h7-20H,5-6H2,1-4H3,(H,36,38)(H,37,39). The second kappa shape index (κ2) is 12.1. The number of aryl methyl sites for hydroxylation is 2. The molecule has 0 aromatic heterocycles. The first kappa shape index (κ1) is 28.4. The van der Waals surface area contributed by atoms with Gasteiger partial charge in [-0.1, -0.05) is 99.4 Å². The first-order valence-corrected chi connectivity index (χ1v) is 13.8. The molecule has 0 spiro atoms. The minimum absolute atomic E-state index is 0.202. The van der Waals surface area contributed by atoms with Crippen LogP contribution in [-0.4, -0.2) is 11.8 Å². The number of carbonyl (C=O) groups is 2. The van der Waals surface area contributed by atoms with E-state index in [-0.39, 0.29) is 11.8 Å². The molecule has 4 nitrogen and oxygen atoms in total. The SMILES string of the molecule is CCc1cc(C(C)(C)c2cc(Cl)c(NC(=O)c3ccccc3)c(CC)c2)cc(Cl)c1NC(=O)c1ccccc1. The summed E-state index contributed by atoms with van der Waals surface area (Å²) in [6.45, 7) is 8.31. The molecule has 0 unspecified atom stereocenters. The van der Waals surface area contributed by atoms with Gasteiger partial charge in [0, 0.05) is 16.5 Å². The summed E-state index contributed by atoms with van der Waals surface area (Å²) in [5, 5.41) is 6.96. The van der Waals surface area contributed by atoms with Crippen molar-refractivity contribution in [2.75, 3.05) is 10.6 Å². The molecule has 0 radical (unpaired) electrons. The molecule has 0 saturated carbocycles. The number of hydrogen-bond acceptors (Lipinski definition) is 2. The van der Waals surface area contributed by atoms with Gasteiger partial charge in [-0.25, -0.2) is 0 Å². The number of amides is 2. The third-order valence-corrected chi connectivity index (χ3v) is 7.69. The Bertz CT molecular complexity index is 1390. The van der Waals surface area contributed by atoms with Crippen LogP contribution in [0.15, 0.2) is 84.9 Å². The molecule has 4 aromatic rings. The molecule has 2 amide bonds. The van der Waals surface area contributed by atoms with Gasteiger partial charge in [-0.05, 0) is 71.5 Å². The van der Waals surface area contributed by atoms with Gasteiger partial charge in [0.05, 0.1) is 21.4 Å². The molecule has 39 heavy (non-hydrogen) atoms. The summed E-state index contributed by atoms with van der Waals surface area (Å²) in [5.74, 6) is -0.404. The Morgan fingerprint density at radius 2 is 1.00 bits per heavy atom. The monoisotopic (exact) mass is 558 g/mol. The van der Waals surface area contributed by atoms with Gasteiger partial charge in [0.25, 0.3) is 11.8 Å². The fraction of sp³-hybridized carbons (Fsp3) is 0.212. The molecule has 0 aliphatic rings. The average molecular weight is 560 g/mol. The zero-order chi connectivity index (χ0) is 28.2. The smallest absolute Gasteiger partial charge is 0.255 e. The van der Waals surface area contributed by atoms with Crippen molar-refractivity contribution in [3.63, 3.8) is 0 Å². The van der Waals surface area contributed by atoms with Gasteiger partial charge >= 0.3 is 0 Å². The van der Waals surface area contributed by atoms with Gasteiger partial charge in [0.1, 0.15) is 0 Å². The first-order valence-electron chi connectivity index (χ1n) is 13.0. The van der Waals surface area contributed by atoms with E-state index in [1.54, 1.807) is 24.3 Å². The van der Waals surface area contributed by atoms with Crippen LogP contribution >= 0.6 is 23.2 Å². The van der Waals surface area contributed by atoms with E-state index in [9.17, 15) is 9.59 Å². The third kappa shape index (κ3) is 6.19. The maximum absolute atomic E-state index is 12.8. The van der Waals surface area contributed by atoms with E-state index in [1.165, 1.54) is 0 Å². The predicted octanol–water partition coefficient (Wildman–Crippen LogP) is 8.95. The van der Waals surface area contributed by atoms with Crippen molar-refractivity contribution in [2.45, 2.75) is 46.0 Å². The van der Waals surface area contributed by atoms with E-state index in [2.05, 4.69) is 36.6 Å². The van der Waals surface area contributed by atoms with Crippen LogP contribution in [-0.2, 0) is 18.3 Å². The second-order valence-corrected chi connectivity index (χ2v) is 10.8. The van der Waals surface area contributed by atoms with E-state index < -0.39 is 5.41 Å². The number of rotatable bonds is 8. The molecule has 2 N–H and O–H groups in total. The fourth-order valence-electron chi connectivity index (χ4n) is 4.60. The Morgan fingerprint density at radius 3 is 1.33 bits per heavy atom. The van der Waals surface area contributed by atoms with Crippen LogP contribution in [0, 0.1) is 0 Å². The summed E-state index contributed by atoms with van der Waals surface area (Å²) in [6, 6.07) is 26.2. The zero-order valence-electron chi connectivity index (χ0n) is 22.6. The third-order valence-electron chi connectivity index (χ3n) is 7.10. The molecule has 0 atom stereocenters. The Labute approximate surface area is 240 Å². The maximum Gasteiger partial charge on any atom is 0.255 e. The minimum Gasteiger partial charge on any atom is -0.320 e. The van der Waals surface area contributed by atoms with Crippen LogP contribution in [0.25, 0.3) is 0 Å². The lowest BCUT2D eigenvalue weighted by atomic mass is 9.76. The number of benzene rings is 4. The number of carbonyl (C=O) groups excluding carboxylic acids is 2. The van der Waals surface area contributed by atoms with E-state index >= 15 is 0 Å². The van der Waals surface area contributed by atoms with Gasteiger partial charge in [0.15, 0.2) is 0 Å². The molecular weight excluding hydrogens is 527 g/mol.